The van der Waals surface area contributed by atoms with E-state index in [0.29, 0.717) is 0 Å². The van der Waals surface area contributed by atoms with E-state index in [0.717, 1.165) is 11.3 Å². The number of thiophene rings is 1. The third kappa shape index (κ3) is 1.95. The summed E-state index contributed by atoms with van der Waals surface area (Å²) in [7, 11) is -3.97. The van der Waals surface area contributed by atoms with Gasteiger partial charge in [0.25, 0.3) is 0 Å². The van der Waals surface area contributed by atoms with Crippen LogP contribution in [0.4, 0.5) is 4.79 Å². The molecule has 0 bridgehead atoms. The molecule has 2 N–H and O–H groups in total. The van der Waals surface area contributed by atoms with Gasteiger partial charge in [-0.3, -0.25) is 0 Å². The van der Waals surface area contributed by atoms with Gasteiger partial charge in [-0.25, -0.2) is 4.79 Å². The number of nitrogens with two attached hydrogens (primary N) is 1. The standard InChI is InChI=1S/C5H5NO4S2/c6-5(7)10-12(8,9)4-2-1-3-11-4/h1-3H,(H2,6,7). The highest BCUT2D eigenvalue weighted by molar-refractivity contribution is 7.89. The molecule has 0 saturated carbocycles. The quantitative estimate of drug-likeness (QED) is 0.717. The van der Waals surface area contributed by atoms with Crippen molar-refractivity contribution in [2.24, 2.45) is 5.73 Å². The minimum atomic E-state index is -3.97. The summed E-state index contributed by atoms with van der Waals surface area (Å²) in [6, 6.07) is 2.85. The first kappa shape index (κ1) is 9.01. The Balaban J connectivity index is 2.96. The van der Waals surface area contributed by atoms with E-state index in [4.69, 9.17) is 0 Å². The molecule has 7 heteroatoms. The number of hydrogen-bond donors (Lipinski definition) is 1. The van der Waals surface area contributed by atoms with Crippen molar-refractivity contribution in [3.63, 3.8) is 0 Å². The summed E-state index contributed by atoms with van der Waals surface area (Å²) in [4.78, 5) is 10.1. The number of hydrogen-bond acceptors (Lipinski definition) is 5. The van der Waals surface area contributed by atoms with Gasteiger partial charge in [-0.05, 0) is 11.4 Å². The Morgan fingerprint density at radius 3 is 2.67 bits per heavy atom. The summed E-state index contributed by atoms with van der Waals surface area (Å²) in [6.45, 7) is 0. The van der Waals surface area contributed by atoms with Gasteiger partial charge in [0.05, 0.1) is 0 Å². The lowest BCUT2D eigenvalue weighted by molar-refractivity contribution is 0.213. The molecule has 0 unspecified atom stereocenters. The van der Waals surface area contributed by atoms with Crippen LogP contribution in [0.1, 0.15) is 0 Å². The van der Waals surface area contributed by atoms with Gasteiger partial charge in [-0.1, -0.05) is 6.07 Å². The van der Waals surface area contributed by atoms with E-state index in [2.05, 4.69) is 9.92 Å². The molecular formula is C5H5NO4S2. The van der Waals surface area contributed by atoms with E-state index in [-0.39, 0.29) is 4.21 Å². The highest BCUT2D eigenvalue weighted by Crippen LogP contribution is 2.17. The second-order valence-electron chi connectivity index (χ2n) is 1.79. The van der Waals surface area contributed by atoms with E-state index in [1.54, 1.807) is 5.38 Å². The van der Waals surface area contributed by atoms with E-state index < -0.39 is 16.2 Å². The lowest BCUT2D eigenvalue weighted by atomic mass is 10.7. The zero-order chi connectivity index (χ0) is 9.19. The molecule has 0 aliphatic heterocycles. The monoisotopic (exact) mass is 207 g/mol. The highest BCUT2D eigenvalue weighted by Gasteiger charge is 2.18. The summed E-state index contributed by atoms with van der Waals surface area (Å²) < 4.78 is 25.8. The molecule has 1 amide bonds. The maximum Gasteiger partial charge on any atom is 0.420 e. The molecule has 1 aromatic heterocycles. The van der Waals surface area contributed by atoms with Crippen LogP contribution in [0.5, 0.6) is 0 Å². The van der Waals surface area contributed by atoms with Gasteiger partial charge >= 0.3 is 16.2 Å². The van der Waals surface area contributed by atoms with Gasteiger partial charge in [-0.15, -0.1) is 11.3 Å². The Hall–Kier alpha value is -1.08. The fraction of sp³-hybridized carbons (Fsp3) is 0. The average molecular weight is 207 g/mol. The molecule has 0 fully saturated rings. The van der Waals surface area contributed by atoms with Gasteiger partial charge in [0, 0.05) is 0 Å². The Morgan fingerprint density at radius 2 is 2.25 bits per heavy atom. The van der Waals surface area contributed by atoms with Crippen LogP contribution in [0, 0.1) is 0 Å². The predicted octanol–water partition coefficient (Wildman–Crippen LogP) is 0.532. The van der Waals surface area contributed by atoms with E-state index in [1.165, 1.54) is 12.1 Å². The van der Waals surface area contributed by atoms with Crippen LogP contribution >= 0.6 is 11.3 Å². The number of amides is 1. The van der Waals surface area contributed by atoms with Crippen LogP contribution in [0.2, 0.25) is 0 Å². The number of primary amides is 1. The Labute approximate surface area is 72.9 Å². The molecule has 0 radical (unpaired) electrons. The van der Waals surface area contributed by atoms with Crippen molar-refractivity contribution in [1.82, 2.24) is 0 Å². The van der Waals surface area contributed by atoms with Crippen molar-refractivity contribution in [3.05, 3.63) is 17.5 Å². The summed E-state index contributed by atoms with van der Waals surface area (Å²) in [6.07, 6.45) is -1.33. The molecule has 0 saturated heterocycles. The maximum atomic E-state index is 11.0. The van der Waals surface area contributed by atoms with Crippen LogP contribution in [0.15, 0.2) is 21.7 Å². The molecular weight excluding hydrogens is 202 g/mol. The molecule has 0 aliphatic carbocycles. The normalized spacial score (nSPS) is 11.0. The van der Waals surface area contributed by atoms with Crippen molar-refractivity contribution >= 4 is 27.5 Å². The summed E-state index contributed by atoms with van der Waals surface area (Å²) in [5.41, 5.74) is 4.55. The summed E-state index contributed by atoms with van der Waals surface area (Å²) in [5.74, 6) is 0. The number of rotatable bonds is 2. The van der Waals surface area contributed by atoms with E-state index >= 15 is 0 Å². The third-order valence-electron chi connectivity index (χ3n) is 0.933. The van der Waals surface area contributed by atoms with Crippen LogP contribution in [-0.4, -0.2) is 14.5 Å². The molecule has 1 aromatic rings. The smallest absolute Gasteiger partial charge is 0.334 e. The first-order valence-corrected chi connectivity index (χ1v) is 5.08. The third-order valence-corrected chi connectivity index (χ3v) is 3.51. The zero-order valence-corrected chi connectivity index (χ0v) is 7.39. The van der Waals surface area contributed by atoms with Crippen molar-refractivity contribution < 1.29 is 17.4 Å². The lowest BCUT2D eigenvalue weighted by Crippen LogP contribution is -2.18. The highest BCUT2D eigenvalue weighted by atomic mass is 32.3. The Morgan fingerprint density at radius 1 is 1.58 bits per heavy atom. The Kier molecular flexibility index (Phi) is 2.34. The lowest BCUT2D eigenvalue weighted by Gasteiger charge is -1.97. The molecule has 0 spiro atoms. The van der Waals surface area contributed by atoms with E-state index in [1.807, 2.05) is 0 Å². The molecule has 66 valence electrons. The van der Waals surface area contributed by atoms with Crippen LogP contribution in [0.25, 0.3) is 0 Å². The Bertz CT molecular complexity index is 366. The summed E-state index contributed by atoms with van der Waals surface area (Å²) in [5, 5.41) is 1.55. The second-order valence-corrected chi connectivity index (χ2v) is 4.51. The minimum Gasteiger partial charge on any atom is -0.334 e. The van der Waals surface area contributed by atoms with Gasteiger partial charge in [0.1, 0.15) is 0 Å². The molecule has 1 heterocycles. The van der Waals surface area contributed by atoms with Gasteiger partial charge in [-0.2, -0.15) is 8.42 Å². The fourth-order valence-corrected chi connectivity index (χ4v) is 2.29. The average Bonchev–Trinajstić information content (AvgIpc) is 2.32. The van der Waals surface area contributed by atoms with Gasteiger partial charge < -0.3 is 9.92 Å². The molecule has 1 rings (SSSR count). The van der Waals surface area contributed by atoms with Gasteiger partial charge in [0.15, 0.2) is 4.21 Å². The van der Waals surface area contributed by atoms with Gasteiger partial charge in [0.2, 0.25) is 0 Å². The van der Waals surface area contributed by atoms with Crippen LogP contribution < -0.4 is 5.73 Å². The van der Waals surface area contributed by atoms with E-state index in [9.17, 15) is 13.2 Å². The van der Waals surface area contributed by atoms with Crippen molar-refractivity contribution in [2.45, 2.75) is 4.21 Å². The largest absolute Gasteiger partial charge is 0.420 e. The predicted molar refractivity (Wildman–Crippen MR) is 42.2 cm³/mol. The number of carbonyl (C=O) groups excluding carboxylic acids is 1. The molecule has 0 atom stereocenters. The first-order valence-electron chi connectivity index (χ1n) is 2.80. The first-order chi connectivity index (χ1) is 5.52. The van der Waals surface area contributed by atoms with Crippen molar-refractivity contribution in [1.29, 1.82) is 0 Å². The van der Waals surface area contributed by atoms with Crippen molar-refractivity contribution in [2.75, 3.05) is 0 Å². The van der Waals surface area contributed by atoms with Crippen molar-refractivity contribution in [3.8, 4) is 0 Å². The summed E-state index contributed by atoms with van der Waals surface area (Å²) >= 11 is 0.951. The second kappa shape index (κ2) is 3.11. The topological polar surface area (TPSA) is 86.5 Å². The fourth-order valence-electron chi connectivity index (χ4n) is 0.555. The van der Waals surface area contributed by atoms with Crippen LogP contribution in [-0.2, 0) is 14.3 Å². The molecule has 0 aromatic carbocycles. The molecule has 0 aliphatic rings. The number of carbonyl (C=O) groups is 1. The SMILES string of the molecule is NC(=O)OS(=O)(=O)c1cccs1. The zero-order valence-electron chi connectivity index (χ0n) is 5.76. The molecule has 5 nitrogen and oxygen atoms in total. The molecule has 12 heavy (non-hydrogen) atoms. The maximum absolute atomic E-state index is 11.0. The van der Waals surface area contributed by atoms with Crippen LogP contribution in [0.3, 0.4) is 0 Å². The minimum absolute atomic E-state index is 0.0405.